The average Bonchev–Trinajstić information content (AvgIpc) is 2.93. The van der Waals surface area contributed by atoms with Crippen LogP contribution in [0.1, 0.15) is 32.6 Å². The minimum Gasteiger partial charge on any atom is -0.353 e. The van der Waals surface area contributed by atoms with Crippen molar-refractivity contribution in [3.8, 4) is 5.69 Å². The Labute approximate surface area is 154 Å². The fourth-order valence-corrected chi connectivity index (χ4v) is 3.21. The maximum Gasteiger partial charge on any atom is 0.271 e. The maximum atomic E-state index is 12.3. The number of anilines is 1. The van der Waals surface area contributed by atoms with Crippen molar-refractivity contribution in [2.75, 3.05) is 31.1 Å². The molecule has 6 nitrogen and oxygen atoms in total. The monoisotopic (exact) mass is 354 g/mol. The van der Waals surface area contributed by atoms with Crippen molar-refractivity contribution in [1.29, 1.82) is 0 Å². The Bertz CT molecular complexity index is 788. The molecule has 26 heavy (non-hydrogen) atoms. The minimum atomic E-state index is -0.147. The Morgan fingerprint density at radius 3 is 2.62 bits per heavy atom. The summed E-state index contributed by atoms with van der Waals surface area (Å²) in [4.78, 5) is 28.6. The van der Waals surface area contributed by atoms with Crippen LogP contribution in [0.25, 0.3) is 5.69 Å². The van der Waals surface area contributed by atoms with Gasteiger partial charge in [-0.15, -0.1) is 5.10 Å². The van der Waals surface area contributed by atoms with E-state index in [4.69, 9.17) is 0 Å². The van der Waals surface area contributed by atoms with Crippen molar-refractivity contribution >= 4 is 11.7 Å². The second-order valence-corrected chi connectivity index (χ2v) is 6.60. The molecule has 0 N–H and O–H groups in total. The lowest BCUT2D eigenvalue weighted by molar-refractivity contribution is -0.131. The van der Waals surface area contributed by atoms with Gasteiger partial charge in [0.2, 0.25) is 5.91 Å². The van der Waals surface area contributed by atoms with E-state index in [1.165, 1.54) is 4.68 Å². The molecule has 0 bridgehead atoms. The van der Waals surface area contributed by atoms with Crippen LogP contribution in [0.2, 0.25) is 0 Å². The van der Waals surface area contributed by atoms with Gasteiger partial charge in [0.05, 0.1) is 5.69 Å². The summed E-state index contributed by atoms with van der Waals surface area (Å²) in [7, 11) is 0. The second kappa shape index (κ2) is 8.65. The van der Waals surface area contributed by atoms with Crippen LogP contribution in [0.15, 0.2) is 47.3 Å². The second-order valence-electron chi connectivity index (χ2n) is 6.60. The Hall–Kier alpha value is -2.63. The number of hydrogen-bond acceptors (Lipinski definition) is 4. The van der Waals surface area contributed by atoms with Gasteiger partial charge in [-0.1, -0.05) is 31.5 Å². The molecule has 2 heterocycles. The van der Waals surface area contributed by atoms with Crippen molar-refractivity contribution in [2.24, 2.45) is 0 Å². The number of para-hydroxylation sites is 1. The average molecular weight is 354 g/mol. The zero-order chi connectivity index (χ0) is 18.4. The molecular weight excluding hydrogens is 328 g/mol. The van der Waals surface area contributed by atoms with Gasteiger partial charge in [-0.05, 0) is 31.0 Å². The maximum absolute atomic E-state index is 12.3. The summed E-state index contributed by atoms with van der Waals surface area (Å²) >= 11 is 0. The summed E-state index contributed by atoms with van der Waals surface area (Å²) in [6, 6.07) is 12.8. The summed E-state index contributed by atoms with van der Waals surface area (Å²) in [6.07, 6.45) is 3.52. The van der Waals surface area contributed by atoms with E-state index in [9.17, 15) is 9.59 Å². The predicted octanol–water partition coefficient (Wildman–Crippen LogP) is 2.46. The van der Waals surface area contributed by atoms with E-state index in [0.29, 0.717) is 13.0 Å². The third-order valence-electron chi connectivity index (χ3n) is 4.70. The first-order valence-electron chi connectivity index (χ1n) is 9.37. The summed E-state index contributed by atoms with van der Waals surface area (Å²) in [5.41, 5.74) is 0.608. The van der Waals surface area contributed by atoms with Crippen molar-refractivity contribution in [3.63, 3.8) is 0 Å². The quantitative estimate of drug-likeness (QED) is 0.828. The molecule has 1 aromatic carbocycles. The summed E-state index contributed by atoms with van der Waals surface area (Å²) in [5, 5.41) is 4.55. The van der Waals surface area contributed by atoms with Crippen LogP contribution in [0.4, 0.5) is 5.82 Å². The lowest BCUT2D eigenvalue weighted by atomic mass is 10.2. The molecule has 1 aliphatic heterocycles. The van der Waals surface area contributed by atoms with E-state index in [2.05, 4.69) is 16.9 Å². The van der Waals surface area contributed by atoms with Gasteiger partial charge in [0.15, 0.2) is 0 Å². The molecule has 0 saturated carbocycles. The van der Waals surface area contributed by atoms with Crippen LogP contribution in [-0.4, -0.2) is 46.8 Å². The fraction of sp³-hybridized carbons (Fsp3) is 0.450. The van der Waals surface area contributed by atoms with E-state index in [1.54, 1.807) is 12.1 Å². The largest absolute Gasteiger partial charge is 0.353 e. The third-order valence-corrected chi connectivity index (χ3v) is 4.70. The zero-order valence-electron chi connectivity index (χ0n) is 15.3. The number of benzene rings is 1. The molecule has 138 valence electrons. The van der Waals surface area contributed by atoms with Crippen LogP contribution < -0.4 is 10.5 Å². The molecule has 6 heteroatoms. The molecular formula is C20H26N4O2. The van der Waals surface area contributed by atoms with Gasteiger partial charge in [0.1, 0.15) is 5.82 Å². The first kappa shape index (κ1) is 18.2. The zero-order valence-corrected chi connectivity index (χ0v) is 15.3. The highest BCUT2D eigenvalue weighted by Gasteiger charge is 2.20. The molecule has 1 amide bonds. The number of hydrogen-bond donors (Lipinski definition) is 0. The molecule has 1 saturated heterocycles. The Morgan fingerprint density at radius 2 is 1.85 bits per heavy atom. The molecule has 0 aliphatic carbocycles. The number of amides is 1. The van der Waals surface area contributed by atoms with Crippen molar-refractivity contribution in [1.82, 2.24) is 14.7 Å². The van der Waals surface area contributed by atoms with Gasteiger partial charge in [-0.25, -0.2) is 0 Å². The van der Waals surface area contributed by atoms with E-state index in [0.717, 1.165) is 50.4 Å². The van der Waals surface area contributed by atoms with Crippen LogP contribution in [0.5, 0.6) is 0 Å². The lowest BCUT2D eigenvalue weighted by Crippen LogP contribution is -2.35. The highest BCUT2D eigenvalue weighted by atomic mass is 16.2. The molecule has 1 fully saturated rings. The van der Waals surface area contributed by atoms with Crippen LogP contribution in [0.3, 0.4) is 0 Å². The van der Waals surface area contributed by atoms with E-state index < -0.39 is 0 Å². The number of nitrogens with zero attached hydrogens (tertiary/aromatic N) is 4. The summed E-state index contributed by atoms with van der Waals surface area (Å²) < 4.78 is 1.43. The number of rotatable bonds is 5. The topological polar surface area (TPSA) is 58.4 Å². The first-order valence-corrected chi connectivity index (χ1v) is 9.37. The predicted molar refractivity (Wildman–Crippen MR) is 103 cm³/mol. The molecule has 0 unspecified atom stereocenters. The van der Waals surface area contributed by atoms with Crippen LogP contribution in [0, 0.1) is 0 Å². The highest BCUT2D eigenvalue weighted by Crippen LogP contribution is 2.14. The Kier molecular flexibility index (Phi) is 6.04. The standard InChI is InChI=1S/C20H26N4O2/c1-2-3-10-19(25)23-14-7-13-22(15-16-23)18-11-12-20(26)24(21-18)17-8-5-4-6-9-17/h4-6,8-9,11-12H,2-3,7,10,13-16H2,1H3. The smallest absolute Gasteiger partial charge is 0.271 e. The van der Waals surface area contributed by atoms with Gasteiger partial charge in [-0.3, -0.25) is 9.59 Å². The highest BCUT2D eigenvalue weighted by molar-refractivity contribution is 5.76. The van der Waals surface area contributed by atoms with E-state index >= 15 is 0 Å². The first-order chi connectivity index (χ1) is 12.7. The van der Waals surface area contributed by atoms with Gasteiger partial charge >= 0.3 is 0 Å². The number of unbranched alkanes of at least 4 members (excludes halogenated alkanes) is 1. The number of aromatic nitrogens is 2. The molecule has 0 atom stereocenters. The molecule has 0 spiro atoms. The van der Waals surface area contributed by atoms with Crippen molar-refractivity contribution in [2.45, 2.75) is 32.6 Å². The van der Waals surface area contributed by atoms with Gasteiger partial charge in [0.25, 0.3) is 5.56 Å². The Morgan fingerprint density at radius 1 is 1.04 bits per heavy atom. The molecule has 2 aromatic rings. The van der Waals surface area contributed by atoms with Gasteiger partial charge < -0.3 is 9.80 Å². The molecule has 0 radical (unpaired) electrons. The molecule has 3 rings (SSSR count). The fourth-order valence-electron chi connectivity index (χ4n) is 3.21. The molecule has 1 aromatic heterocycles. The summed E-state index contributed by atoms with van der Waals surface area (Å²) in [6.45, 7) is 5.16. The normalized spacial score (nSPS) is 15.0. The van der Waals surface area contributed by atoms with E-state index in [-0.39, 0.29) is 11.5 Å². The van der Waals surface area contributed by atoms with Gasteiger partial charge in [-0.2, -0.15) is 4.68 Å². The van der Waals surface area contributed by atoms with E-state index in [1.807, 2.05) is 35.2 Å². The molecule has 1 aliphatic rings. The lowest BCUT2D eigenvalue weighted by Gasteiger charge is -2.23. The Balaban J connectivity index is 1.74. The van der Waals surface area contributed by atoms with Crippen molar-refractivity contribution in [3.05, 3.63) is 52.8 Å². The van der Waals surface area contributed by atoms with Gasteiger partial charge in [0, 0.05) is 38.7 Å². The van der Waals surface area contributed by atoms with Crippen molar-refractivity contribution < 1.29 is 4.79 Å². The van der Waals surface area contributed by atoms with Crippen LogP contribution in [-0.2, 0) is 4.79 Å². The van der Waals surface area contributed by atoms with Crippen LogP contribution >= 0.6 is 0 Å². The SMILES string of the molecule is CCCCC(=O)N1CCCN(c2ccc(=O)n(-c3ccccc3)n2)CC1. The minimum absolute atomic E-state index is 0.147. The summed E-state index contributed by atoms with van der Waals surface area (Å²) in [5.74, 6) is 1.02. The number of carbonyl (C=O) groups excluding carboxylic acids is 1. The number of carbonyl (C=O) groups is 1. The third kappa shape index (κ3) is 4.31.